The number of hydrogen-bond donors (Lipinski definition) is 2. The highest BCUT2D eigenvalue weighted by Gasteiger charge is 2.40. The minimum absolute atomic E-state index is 0.00367. The molecule has 208 valence electrons. The van der Waals surface area contributed by atoms with Gasteiger partial charge in [0.15, 0.2) is 0 Å². The zero-order valence-electron chi connectivity index (χ0n) is 23.0. The molecule has 1 aromatic rings. The van der Waals surface area contributed by atoms with E-state index in [1.807, 2.05) is 30.3 Å². The number of fused-ring (bicyclic) bond motifs is 2. The molecule has 0 radical (unpaired) electrons. The Balaban J connectivity index is 0.000000273. The summed E-state index contributed by atoms with van der Waals surface area (Å²) in [6.07, 6.45) is 19.7. The lowest BCUT2D eigenvalue weighted by molar-refractivity contribution is -0.155. The van der Waals surface area contributed by atoms with Crippen molar-refractivity contribution in [1.82, 2.24) is 4.90 Å². The predicted molar refractivity (Wildman–Crippen MR) is 149 cm³/mol. The highest BCUT2D eigenvalue weighted by molar-refractivity contribution is 5.78. The number of unbranched alkanes of at least 4 members (excludes halogenated alkanes) is 7. The summed E-state index contributed by atoms with van der Waals surface area (Å²) >= 11 is 0. The molecule has 2 aliphatic rings. The number of aliphatic hydroxyl groups is 1. The van der Waals surface area contributed by atoms with Crippen LogP contribution in [-0.4, -0.2) is 58.9 Å². The third-order valence-electron chi connectivity index (χ3n) is 7.66. The van der Waals surface area contributed by atoms with Crippen LogP contribution in [-0.2, 0) is 14.3 Å². The number of nitrogens with zero attached hydrogens (tertiary/aromatic N) is 1. The van der Waals surface area contributed by atoms with Crippen molar-refractivity contribution in [3.63, 3.8) is 0 Å². The molecule has 2 saturated heterocycles. The van der Waals surface area contributed by atoms with Gasteiger partial charge in [-0.15, -0.1) is 0 Å². The molecule has 3 atom stereocenters. The van der Waals surface area contributed by atoms with Crippen LogP contribution >= 0.6 is 0 Å². The molecule has 3 unspecified atom stereocenters. The van der Waals surface area contributed by atoms with Crippen LogP contribution in [0.4, 0.5) is 0 Å². The zero-order valence-corrected chi connectivity index (χ0v) is 23.0. The Hall–Kier alpha value is -2.18. The summed E-state index contributed by atoms with van der Waals surface area (Å²) in [7, 11) is 2.17. The van der Waals surface area contributed by atoms with Crippen molar-refractivity contribution < 1.29 is 24.5 Å². The molecule has 37 heavy (non-hydrogen) atoms. The number of aliphatic carboxylic acids is 1. The molecule has 0 aliphatic carbocycles. The maximum absolute atomic E-state index is 12.4. The predicted octanol–water partition coefficient (Wildman–Crippen LogP) is 6.48. The molecular formula is C31H49NO5. The molecule has 2 N–H and O–H groups in total. The molecule has 2 fully saturated rings. The number of piperidine rings is 1. The van der Waals surface area contributed by atoms with E-state index in [1.165, 1.54) is 57.8 Å². The molecule has 6 heteroatoms. The first-order valence-electron chi connectivity index (χ1n) is 14.4. The van der Waals surface area contributed by atoms with E-state index < -0.39 is 11.9 Å². The van der Waals surface area contributed by atoms with E-state index in [2.05, 4.69) is 31.0 Å². The lowest BCUT2D eigenvalue weighted by Crippen LogP contribution is -2.43. The molecule has 2 bridgehead atoms. The van der Waals surface area contributed by atoms with Crippen LogP contribution in [0, 0.1) is 0 Å². The van der Waals surface area contributed by atoms with E-state index in [-0.39, 0.29) is 18.7 Å². The van der Waals surface area contributed by atoms with Crippen molar-refractivity contribution in [3.05, 3.63) is 48.0 Å². The number of rotatable bonds is 15. The van der Waals surface area contributed by atoms with Crippen molar-refractivity contribution in [3.8, 4) is 0 Å². The summed E-state index contributed by atoms with van der Waals surface area (Å²) in [5.74, 6) is -1.53. The molecule has 0 amide bonds. The van der Waals surface area contributed by atoms with Crippen LogP contribution in [0.1, 0.15) is 108 Å². The molecule has 0 aromatic heterocycles. The number of carbonyl (C=O) groups excluding carboxylic acids is 1. The Kier molecular flexibility index (Phi) is 15.2. The summed E-state index contributed by atoms with van der Waals surface area (Å²) in [4.78, 5) is 25.0. The standard InChI is InChI=1S/C17H23NO3.C14H26O2/c1-18-13-7-8-14(18)10-15(9-13)21-17(20)16(11-19)12-5-3-2-4-6-12;1-2-3-4-5-6-7-8-9-10-11-12-13-14(15)16/h2-6,13-16,19H,7-11H2,1H3;5-6H,2-4,7-13H2,1H3,(H,15,16)/b;6-5-. The van der Waals surface area contributed by atoms with Gasteiger partial charge in [-0.05, 0) is 64.0 Å². The maximum atomic E-state index is 12.4. The quantitative estimate of drug-likeness (QED) is 0.158. The van der Waals surface area contributed by atoms with Gasteiger partial charge in [-0.25, -0.2) is 0 Å². The molecule has 6 nitrogen and oxygen atoms in total. The number of aliphatic hydroxyl groups excluding tert-OH is 1. The minimum atomic E-state index is -0.668. The second kappa shape index (κ2) is 18.1. The Morgan fingerprint density at radius 3 is 2.16 bits per heavy atom. The van der Waals surface area contributed by atoms with E-state index in [4.69, 9.17) is 9.84 Å². The van der Waals surface area contributed by atoms with Gasteiger partial charge in [0.1, 0.15) is 12.0 Å². The third kappa shape index (κ3) is 11.8. The Morgan fingerprint density at radius 1 is 0.973 bits per heavy atom. The van der Waals surface area contributed by atoms with E-state index in [0.29, 0.717) is 18.5 Å². The van der Waals surface area contributed by atoms with E-state index in [1.54, 1.807) is 0 Å². The van der Waals surface area contributed by atoms with Gasteiger partial charge in [0.2, 0.25) is 0 Å². The van der Waals surface area contributed by atoms with Gasteiger partial charge in [-0.1, -0.05) is 81.5 Å². The highest BCUT2D eigenvalue weighted by Crippen LogP contribution is 2.36. The first-order valence-corrected chi connectivity index (χ1v) is 14.4. The molecule has 1 aromatic carbocycles. The van der Waals surface area contributed by atoms with Crippen molar-refractivity contribution in [2.45, 2.75) is 121 Å². The van der Waals surface area contributed by atoms with E-state index in [9.17, 15) is 14.7 Å². The fourth-order valence-electron chi connectivity index (χ4n) is 5.33. The topological polar surface area (TPSA) is 87.1 Å². The lowest BCUT2D eigenvalue weighted by Gasteiger charge is -2.36. The monoisotopic (exact) mass is 515 g/mol. The normalized spacial score (nSPS) is 21.9. The Morgan fingerprint density at radius 2 is 1.57 bits per heavy atom. The summed E-state index contributed by atoms with van der Waals surface area (Å²) < 4.78 is 5.70. The van der Waals surface area contributed by atoms with Gasteiger partial charge in [0, 0.05) is 18.5 Å². The second-order valence-electron chi connectivity index (χ2n) is 10.5. The van der Waals surface area contributed by atoms with Crippen LogP contribution in [0.5, 0.6) is 0 Å². The van der Waals surface area contributed by atoms with Crippen LogP contribution < -0.4 is 0 Å². The number of allylic oxidation sites excluding steroid dienone is 2. The number of carboxylic acid groups (broad SMARTS) is 1. The first-order chi connectivity index (χ1) is 18.0. The van der Waals surface area contributed by atoms with Crippen LogP contribution in [0.3, 0.4) is 0 Å². The second-order valence-corrected chi connectivity index (χ2v) is 10.5. The largest absolute Gasteiger partial charge is 0.481 e. The SMILES string of the molecule is CCCC/C=C\CCCCCCCC(=O)O.CN1C2CCC1CC(OC(=O)C(CO)c1ccccc1)C2. The van der Waals surface area contributed by atoms with Crippen LogP contribution in [0.15, 0.2) is 42.5 Å². The van der Waals surface area contributed by atoms with Gasteiger partial charge in [0.05, 0.1) is 6.61 Å². The number of benzene rings is 1. The van der Waals surface area contributed by atoms with Gasteiger partial charge in [-0.3, -0.25) is 9.59 Å². The summed E-state index contributed by atoms with van der Waals surface area (Å²) in [6.45, 7) is 2.01. The summed E-state index contributed by atoms with van der Waals surface area (Å²) in [5.41, 5.74) is 0.820. The Bertz CT molecular complexity index is 782. The van der Waals surface area contributed by atoms with Crippen LogP contribution in [0.2, 0.25) is 0 Å². The number of carboxylic acids is 1. The van der Waals surface area contributed by atoms with Crippen LogP contribution in [0.25, 0.3) is 0 Å². The van der Waals surface area contributed by atoms with Crippen molar-refractivity contribution in [2.75, 3.05) is 13.7 Å². The minimum Gasteiger partial charge on any atom is -0.481 e. The molecule has 0 spiro atoms. The number of ether oxygens (including phenoxy) is 1. The van der Waals surface area contributed by atoms with Gasteiger partial charge in [-0.2, -0.15) is 0 Å². The Labute approximate surface area is 224 Å². The average Bonchev–Trinajstić information content (AvgIpc) is 3.09. The van der Waals surface area contributed by atoms with Crippen molar-refractivity contribution in [2.24, 2.45) is 0 Å². The van der Waals surface area contributed by atoms with E-state index in [0.717, 1.165) is 31.2 Å². The number of carbonyl (C=O) groups is 2. The molecule has 3 rings (SSSR count). The summed E-state index contributed by atoms with van der Waals surface area (Å²) in [6, 6.07) is 10.5. The zero-order chi connectivity index (χ0) is 26.9. The van der Waals surface area contributed by atoms with Crippen molar-refractivity contribution >= 4 is 11.9 Å². The number of hydrogen-bond acceptors (Lipinski definition) is 5. The maximum Gasteiger partial charge on any atom is 0.316 e. The summed E-state index contributed by atoms with van der Waals surface area (Å²) in [5, 5.41) is 18.0. The average molecular weight is 516 g/mol. The fourth-order valence-corrected chi connectivity index (χ4v) is 5.33. The van der Waals surface area contributed by atoms with Gasteiger partial charge >= 0.3 is 11.9 Å². The number of esters is 1. The smallest absolute Gasteiger partial charge is 0.316 e. The molecule has 2 aliphatic heterocycles. The fraction of sp³-hybridized carbons (Fsp3) is 0.677. The molecule has 2 heterocycles. The molecular weight excluding hydrogens is 466 g/mol. The molecule has 0 saturated carbocycles. The first kappa shape index (κ1) is 31.0. The lowest BCUT2D eigenvalue weighted by atomic mass is 9.98. The van der Waals surface area contributed by atoms with Gasteiger partial charge in [0.25, 0.3) is 0 Å². The van der Waals surface area contributed by atoms with Gasteiger partial charge < -0.3 is 19.8 Å². The van der Waals surface area contributed by atoms with Crippen molar-refractivity contribution in [1.29, 1.82) is 0 Å². The highest BCUT2D eigenvalue weighted by atomic mass is 16.5. The van der Waals surface area contributed by atoms with E-state index >= 15 is 0 Å². The third-order valence-corrected chi connectivity index (χ3v) is 7.66.